The van der Waals surface area contributed by atoms with Crippen LogP contribution < -0.4 is 20.7 Å². The molecule has 0 saturated heterocycles. The Morgan fingerprint density at radius 3 is 2.29 bits per heavy atom. The van der Waals surface area contributed by atoms with E-state index < -0.39 is 5.82 Å². The van der Waals surface area contributed by atoms with Crippen molar-refractivity contribution in [1.82, 2.24) is 5.32 Å². The quantitative estimate of drug-likeness (QED) is 0.490. The molecule has 0 heterocycles. The average Bonchev–Trinajstić information content (AvgIpc) is 2.79. The van der Waals surface area contributed by atoms with Gasteiger partial charge in [-0.15, -0.1) is 0 Å². The molecule has 160 valence electrons. The Morgan fingerprint density at radius 1 is 0.903 bits per heavy atom. The van der Waals surface area contributed by atoms with E-state index >= 15 is 0 Å². The smallest absolute Gasteiger partial charge is 0.253 e. The lowest BCUT2D eigenvalue weighted by Crippen LogP contribution is -2.28. The summed E-state index contributed by atoms with van der Waals surface area (Å²) in [6.45, 7) is 0.316. The summed E-state index contributed by atoms with van der Waals surface area (Å²) in [5, 5.41) is 8.32. The number of methoxy groups -OCH3 is 1. The number of nitrogens with one attached hydrogen (secondary N) is 3. The Kier molecular flexibility index (Phi) is 7.59. The van der Waals surface area contributed by atoms with Gasteiger partial charge in [0.1, 0.15) is 11.6 Å². The van der Waals surface area contributed by atoms with E-state index in [0.29, 0.717) is 24.2 Å². The van der Waals surface area contributed by atoms with E-state index in [1.54, 1.807) is 49.6 Å². The molecular formula is C24H24FN3O3. The van der Waals surface area contributed by atoms with Gasteiger partial charge in [-0.25, -0.2) is 4.39 Å². The standard InChI is InChI=1S/C24H24FN3O3/c1-31-18-12-10-17(11-13-18)14-15-26-24(30)19-6-2-4-8-21(19)28-23(29)16-27-22-9-5-3-7-20(22)25/h2-13,27H,14-16H2,1H3,(H,26,30)(H,28,29). The highest BCUT2D eigenvalue weighted by atomic mass is 19.1. The molecule has 0 radical (unpaired) electrons. The number of para-hydroxylation sites is 2. The van der Waals surface area contributed by atoms with Crippen LogP contribution in [0.2, 0.25) is 0 Å². The van der Waals surface area contributed by atoms with Crippen LogP contribution in [0, 0.1) is 5.82 Å². The van der Waals surface area contributed by atoms with Gasteiger partial charge in [0.2, 0.25) is 5.91 Å². The molecule has 31 heavy (non-hydrogen) atoms. The number of rotatable bonds is 9. The first-order valence-electron chi connectivity index (χ1n) is 9.85. The minimum atomic E-state index is -0.438. The van der Waals surface area contributed by atoms with Crippen molar-refractivity contribution in [2.75, 3.05) is 30.8 Å². The number of ether oxygens (including phenoxy) is 1. The molecule has 0 saturated carbocycles. The molecule has 0 atom stereocenters. The maximum absolute atomic E-state index is 13.7. The molecule has 0 spiro atoms. The van der Waals surface area contributed by atoms with Crippen LogP contribution in [-0.2, 0) is 11.2 Å². The van der Waals surface area contributed by atoms with Crippen LogP contribution in [0.25, 0.3) is 0 Å². The topological polar surface area (TPSA) is 79.5 Å². The number of amides is 2. The number of hydrogen-bond acceptors (Lipinski definition) is 4. The third-order valence-electron chi connectivity index (χ3n) is 4.62. The van der Waals surface area contributed by atoms with Gasteiger partial charge in [-0.1, -0.05) is 36.4 Å². The second-order valence-electron chi connectivity index (χ2n) is 6.78. The van der Waals surface area contributed by atoms with E-state index in [1.165, 1.54) is 6.07 Å². The zero-order chi connectivity index (χ0) is 22.1. The lowest BCUT2D eigenvalue weighted by atomic mass is 10.1. The molecule has 3 aromatic rings. The summed E-state index contributed by atoms with van der Waals surface area (Å²) >= 11 is 0. The molecule has 0 unspecified atom stereocenters. The first-order valence-corrected chi connectivity index (χ1v) is 9.85. The van der Waals surface area contributed by atoms with Crippen molar-refractivity contribution in [3.8, 4) is 5.75 Å². The monoisotopic (exact) mass is 421 g/mol. The average molecular weight is 421 g/mol. The van der Waals surface area contributed by atoms with Crippen LogP contribution in [0.1, 0.15) is 15.9 Å². The van der Waals surface area contributed by atoms with Crippen molar-refractivity contribution in [3.63, 3.8) is 0 Å². The zero-order valence-corrected chi connectivity index (χ0v) is 17.2. The highest BCUT2D eigenvalue weighted by molar-refractivity contribution is 6.04. The van der Waals surface area contributed by atoms with E-state index in [2.05, 4.69) is 16.0 Å². The maximum atomic E-state index is 13.7. The fraction of sp³-hybridized carbons (Fsp3) is 0.167. The Morgan fingerprint density at radius 2 is 1.58 bits per heavy atom. The summed E-state index contributed by atoms with van der Waals surface area (Å²) < 4.78 is 18.8. The van der Waals surface area contributed by atoms with Gasteiger partial charge < -0.3 is 20.7 Å². The van der Waals surface area contributed by atoms with Gasteiger partial charge in [-0.05, 0) is 48.4 Å². The van der Waals surface area contributed by atoms with Crippen molar-refractivity contribution < 1.29 is 18.7 Å². The number of carbonyl (C=O) groups excluding carboxylic acids is 2. The predicted molar refractivity (Wildman–Crippen MR) is 119 cm³/mol. The number of hydrogen-bond donors (Lipinski definition) is 3. The highest BCUT2D eigenvalue weighted by Crippen LogP contribution is 2.16. The third kappa shape index (κ3) is 6.30. The van der Waals surface area contributed by atoms with Crippen LogP contribution in [0.15, 0.2) is 72.8 Å². The van der Waals surface area contributed by atoms with Gasteiger partial charge in [-0.2, -0.15) is 0 Å². The van der Waals surface area contributed by atoms with Gasteiger partial charge in [0, 0.05) is 6.54 Å². The van der Waals surface area contributed by atoms with Gasteiger partial charge in [-0.3, -0.25) is 9.59 Å². The molecule has 0 bridgehead atoms. The van der Waals surface area contributed by atoms with Crippen molar-refractivity contribution in [1.29, 1.82) is 0 Å². The van der Waals surface area contributed by atoms with Gasteiger partial charge in [0.15, 0.2) is 0 Å². The highest BCUT2D eigenvalue weighted by Gasteiger charge is 2.13. The molecule has 0 aliphatic rings. The molecule has 0 aliphatic heterocycles. The molecule has 0 fully saturated rings. The van der Waals surface area contributed by atoms with Crippen LogP contribution >= 0.6 is 0 Å². The second kappa shape index (κ2) is 10.8. The Hall–Kier alpha value is -3.87. The van der Waals surface area contributed by atoms with Gasteiger partial charge in [0.25, 0.3) is 5.91 Å². The van der Waals surface area contributed by atoms with Gasteiger partial charge >= 0.3 is 0 Å². The Bertz CT molecular complexity index is 1040. The van der Waals surface area contributed by atoms with Crippen molar-refractivity contribution >= 4 is 23.2 Å². The van der Waals surface area contributed by atoms with Gasteiger partial charge in [0.05, 0.1) is 30.6 Å². The molecular weight excluding hydrogens is 397 g/mol. The molecule has 3 N–H and O–H groups in total. The van der Waals surface area contributed by atoms with Crippen LogP contribution in [0.5, 0.6) is 5.75 Å². The molecule has 3 rings (SSSR count). The minimum Gasteiger partial charge on any atom is -0.497 e. The molecule has 0 aromatic heterocycles. The predicted octanol–water partition coefficient (Wildman–Crippen LogP) is 3.86. The second-order valence-corrected chi connectivity index (χ2v) is 6.78. The summed E-state index contributed by atoms with van der Waals surface area (Å²) in [6, 6.07) is 20.5. The SMILES string of the molecule is COc1ccc(CCNC(=O)c2ccccc2NC(=O)CNc2ccccc2F)cc1. The van der Waals surface area contributed by atoms with Crippen LogP contribution in [0.3, 0.4) is 0 Å². The lowest BCUT2D eigenvalue weighted by molar-refractivity contribution is -0.114. The summed E-state index contributed by atoms with van der Waals surface area (Å²) in [5.74, 6) is -0.331. The summed E-state index contributed by atoms with van der Waals surface area (Å²) in [4.78, 5) is 24.9. The van der Waals surface area contributed by atoms with E-state index in [1.807, 2.05) is 24.3 Å². The number of carbonyl (C=O) groups is 2. The van der Waals surface area contributed by atoms with Crippen molar-refractivity contribution in [2.45, 2.75) is 6.42 Å². The zero-order valence-electron chi connectivity index (χ0n) is 17.2. The normalized spacial score (nSPS) is 10.3. The summed E-state index contributed by atoms with van der Waals surface area (Å²) in [6.07, 6.45) is 0.664. The molecule has 2 amide bonds. The molecule has 6 nitrogen and oxygen atoms in total. The first-order chi connectivity index (χ1) is 15.1. The van der Waals surface area contributed by atoms with Crippen molar-refractivity contribution in [3.05, 3.63) is 89.7 Å². The Labute approximate surface area is 180 Å². The fourth-order valence-corrected chi connectivity index (χ4v) is 2.97. The Balaban J connectivity index is 1.54. The fourth-order valence-electron chi connectivity index (χ4n) is 2.97. The van der Waals surface area contributed by atoms with Crippen LogP contribution in [0.4, 0.5) is 15.8 Å². The maximum Gasteiger partial charge on any atom is 0.253 e. The molecule has 3 aromatic carbocycles. The summed E-state index contributed by atoms with van der Waals surface area (Å²) in [5.41, 5.74) is 2.06. The lowest BCUT2D eigenvalue weighted by Gasteiger charge is -2.12. The van der Waals surface area contributed by atoms with Crippen molar-refractivity contribution in [2.24, 2.45) is 0 Å². The molecule has 7 heteroatoms. The number of anilines is 2. The van der Waals surface area contributed by atoms with Crippen LogP contribution in [-0.4, -0.2) is 32.0 Å². The largest absolute Gasteiger partial charge is 0.497 e. The first kappa shape index (κ1) is 21.8. The third-order valence-corrected chi connectivity index (χ3v) is 4.62. The minimum absolute atomic E-state index is 0.131. The molecule has 0 aliphatic carbocycles. The number of halogens is 1. The summed E-state index contributed by atoms with van der Waals surface area (Å²) in [7, 11) is 1.61. The van der Waals surface area contributed by atoms with E-state index in [-0.39, 0.29) is 24.0 Å². The number of benzene rings is 3. The van der Waals surface area contributed by atoms with E-state index in [0.717, 1.165) is 11.3 Å². The van der Waals surface area contributed by atoms with E-state index in [4.69, 9.17) is 4.74 Å². The van der Waals surface area contributed by atoms with E-state index in [9.17, 15) is 14.0 Å².